The van der Waals surface area contributed by atoms with Crippen LogP contribution in [0.2, 0.25) is 0 Å². The van der Waals surface area contributed by atoms with Crippen molar-refractivity contribution in [3.05, 3.63) is 102 Å². The van der Waals surface area contributed by atoms with Gasteiger partial charge in [-0.2, -0.15) is 0 Å². The van der Waals surface area contributed by atoms with Crippen LogP contribution in [0.1, 0.15) is 57.2 Å². The van der Waals surface area contributed by atoms with Crippen LogP contribution in [0.15, 0.2) is 90.1 Å². The number of aliphatic hydroxyl groups is 2. The Morgan fingerprint density at radius 3 is 2.01 bits per heavy atom. The van der Waals surface area contributed by atoms with Crippen molar-refractivity contribution in [1.29, 1.82) is 0 Å². The van der Waals surface area contributed by atoms with Gasteiger partial charge >= 0.3 is 0 Å². The van der Waals surface area contributed by atoms with Gasteiger partial charge in [0.05, 0.1) is 18.2 Å². The molecule has 0 aliphatic carbocycles. The molecule has 19 N–H and O–H groups in total. The first kappa shape index (κ1) is 60.5. The van der Waals surface area contributed by atoms with Gasteiger partial charge in [0, 0.05) is 47.0 Å². The third kappa shape index (κ3) is 17.8. The zero-order valence-corrected chi connectivity index (χ0v) is 44.6. The first-order valence-corrected chi connectivity index (χ1v) is 27.0. The summed E-state index contributed by atoms with van der Waals surface area (Å²) in [4.78, 5) is 121. The molecule has 1 aliphatic heterocycles. The Bertz CT molecular complexity index is 2740. The van der Waals surface area contributed by atoms with Crippen molar-refractivity contribution in [2.75, 3.05) is 12.3 Å². The fourth-order valence-corrected chi connectivity index (χ4v) is 11.0. The molecule has 0 bridgehead atoms. The Morgan fingerprint density at radius 1 is 0.766 bits per heavy atom. The van der Waals surface area contributed by atoms with Gasteiger partial charge in [-0.3, -0.25) is 43.3 Å². The largest absolute Gasteiger partial charge is 0.508 e. The molecule has 8 amide bonds. The summed E-state index contributed by atoms with van der Waals surface area (Å²) in [6, 6.07) is 9.79. The van der Waals surface area contributed by atoms with Crippen molar-refractivity contribution in [2.24, 2.45) is 27.9 Å². The number of amides is 8. The average Bonchev–Trinajstić information content (AvgIpc) is 3.79. The van der Waals surface area contributed by atoms with Crippen molar-refractivity contribution in [3.8, 4) is 5.75 Å². The maximum absolute atomic E-state index is 14.9. The molecule has 24 nitrogen and oxygen atoms in total. The van der Waals surface area contributed by atoms with Gasteiger partial charge in [0.25, 0.3) is 0 Å². The van der Waals surface area contributed by atoms with E-state index in [2.05, 4.69) is 47.2 Å². The van der Waals surface area contributed by atoms with E-state index in [0.29, 0.717) is 22.0 Å². The first-order valence-electron chi connectivity index (χ1n) is 24.7. The van der Waals surface area contributed by atoms with Crippen molar-refractivity contribution >= 4 is 85.7 Å². The van der Waals surface area contributed by atoms with Crippen LogP contribution in [0.3, 0.4) is 0 Å². The minimum Gasteiger partial charge on any atom is -0.508 e. The molecular weight excluding hydrogens is 1030 g/mol. The smallest absolute Gasteiger partial charge is 0.245 e. The fraction of sp³-hybridized carbons (Fsp3) is 0.431. The number of aliphatic hydroxyl groups excluding tert-OH is 2. The number of hydrogen-bond donors (Lipinski definition) is 15. The van der Waals surface area contributed by atoms with Crippen LogP contribution in [-0.2, 0) is 57.6 Å². The standard InChI is InChI=1S/C51H69N13O11S2/c1-26(65)39(42(53)68)62-49(75)41-51(3,4)77-76-25-38(61-43(69)33(52)21-28-11-6-5-7-12-28)47(73)59-36(22-29-16-18-31(67)19-17-29)45(71)60-37(23-30-24-57-34-14-9-8-13-32(30)34)46(72)58-35(15-10-20-56-50(54)55)44(70)63-40(27(2)66)48(74)64-41/h5-9,11-14,16-19,24,26-27,33,35-41,57,65-67H,10,15,20-23,25,52H2,1-4H3,(H2,53,68)(H,58,72)(H,59,73)(H,60,71)(H,61,69)(H,62,75)(H,63,70)(H,64,74)(H4,54,55,56)/t26-,27-,33+,35-,36+,37-,38-,39-,40?,41+/m0/s1. The van der Waals surface area contributed by atoms with E-state index in [4.69, 9.17) is 22.9 Å². The number of aromatic hydroxyl groups is 1. The summed E-state index contributed by atoms with van der Waals surface area (Å²) in [6.07, 6.45) is -1.83. The first-order chi connectivity index (χ1) is 36.4. The molecule has 5 rings (SSSR count). The molecule has 1 fully saturated rings. The molecule has 0 spiro atoms. The summed E-state index contributed by atoms with van der Waals surface area (Å²) >= 11 is 0. The lowest BCUT2D eigenvalue weighted by Gasteiger charge is -2.36. The van der Waals surface area contributed by atoms with Gasteiger partial charge in [0.2, 0.25) is 47.3 Å². The normalized spacial score (nSPS) is 22.5. The molecule has 0 saturated carbocycles. The van der Waals surface area contributed by atoms with Crippen LogP contribution >= 0.6 is 21.6 Å². The lowest BCUT2D eigenvalue weighted by molar-refractivity contribution is -0.137. The van der Waals surface area contributed by atoms with Crippen molar-refractivity contribution in [1.82, 2.24) is 42.2 Å². The lowest BCUT2D eigenvalue weighted by atomic mass is 9.99. The van der Waals surface area contributed by atoms with Gasteiger partial charge in [0.1, 0.15) is 48.0 Å². The molecule has 1 saturated heterocycles. The molecule has 0 radical (unpaired) electrons. The predicted octanol–water partition coefficient (Wildman–Crippen LogP) is -1.90. The zero-order chi connectivity index (χ0) is 56.6. The Labute approximate surface area is 452 Å². The molecule has 3 aromatic carbocycles. The second-order valence-electron chi connectivity index (χ2n) is 19.2. The molecule has 416 valence electrons. The molecule has 77 heavy (non-hydrogen) atoms. The topological polar surface area (TPSA) is 414 Å². The number of H-pyrrole nitrogens is 1. The summed E-state index contributed by atoms with van der Waals surface area (Å²) in [5.41, 5.74) is 25.5. The summed E-state index contributed by atoms with van der Waals surface area (Å²) in [5.74, 6) is -8.15. The molecule has 1 aromatic heterocycles. The summed E-state index contributed by atoms with van der Waals surface area (Å²) in [7, 11) is 1.92. The Kier molecular flexibility index (Phi) is 22.1. The Balaban J connectivity index is 1.64. The number of para-hydroxylation sites is 1. The van der Waals surface area contributed by atoms with E-state index in [-0.39, 0.29) is 56.1 Å². The van der Waals surface area contributed by atoms with Crippen molar-refractivity contribution in [3.63, 3.8) is 0 Å². The highest BCUT2D eigenvalue weighted by atomic mass is 33.1. The summed E-state index contributed by atoms with van der Waals surface area (Å²) < 4.78 is -1.45. The quantitative estimate of drug-likeness (QED) is 0.0238. The molecular formula is C51H69N13O11S2. The number of nitrogens with one attached hydrogen (secondary N) is 8. The maximum atomic E-state index is 14.9. The van der Waals surface area contributed by atoms with Gasteiger partial charge in [-0.15, -0.1) is 0 Å². The van der Waals surface area contributed by atoms with Crippen LogP contribution in [-0.4, -0.2) is 151 Å². The SMILES string of the molecule is C[C@H](O)C1NC(=O)[C@H](CCCN=C(N)N)NC(=O)[C@H](Cc2c[nH]c3ccccc23)NC(=O)[C@@H](Cc2ccc(O)cc2)NC(=O)[C@@H](NC(=O)[C@H](N)Cc2ccccc2)CSSC(C)(C)[C@@H](C(=O)N[C@H](C(N)=O)[C@H](C)O)NC1=O. The van der Waals surface area contributed by atoms with Crippen LogP contribution in [0.5, 0.6) is 5.75 Å². The third-order valence-electron chi connectivity index (χ3n) is 12.5. The highest BCUT2D eigenvalue weighted by Crippen LogP contribution is 2.39. The van der Waals surface area contributed by atoms with Crippen LogP contribution in [0.25, 0.3) is 10.9 Å². The number of guanidine groups is 1. The van der Waals surface area contributed by atoms with E-state index in [1.807, 2.05) is 6.07 Å². The number of nitrogens with two attached hydrogens (primary N) is 4. The number of nitrogens with zero attached hydrogens (tertiary/aromatic N) is 1. The second kappa shape index (κ2) is 28.1. The number of phenols is 1. The number of carbonyl (C=O) groups is 8. The number of primary amides is 1. The second-order valence-corrected chi connectivity index (χ2v) is 22.2. The number of aromatic amines is 1. The van der Waals surface area contributed by atoms with Gasteiger partial charge in [-0.05, 0) is 81.8 Å². The molecule has 1 unspecified atom stereocenters. The number of carbonyl (C=O) groups excluding carboxylic acids is 8. The maximum Gasteiger partial charge on any atom is 0.245 e. The minimum atomic E-state index is -1.80. The number of aromatic nitrogens is 1. The van der Waals surface area contributed by atoms with Crippen molar-refractivity contribution < 1.29 is 53.7 Å². The average molecular weight is 1100 g/mol. The number of rotatable bonds is 17. The van der Waals surface area contributed by atoms with Crippen LogP contribution in [0, 0.1) is 0 Å². The zero-order valence-electron chi connectivity index (χ0n) is 43.0. The Morgan fingerprint density at radius 2 is 1.38 bits per heavy atom. The van der Waals surface area contributed by atoms with E-state index < -0.39 is 113 Å². The van der Waals surface area contributed by atoms with E-state index in [0.717, 1.165) is 27.2 Å². The van der Waals surface area contributed by atoms with Gasteiger partial charge in [-0.25, -0.2) is 0 Å². The minimum absolute atomic E-state index is 0.00282. The molecule has 2 heterocycles. The Hall–Kier alpha value is -7.39. The highest BCUT2D eigenvalue weighted by molar-refractivity contribution is 8.77. The monoisotopic (exact) mass is 1100 g/mol. The van der Waals surface area contributed by atoms with Crippen molar-refractivity contribution in [2.45, 2.75) is 125 Å². The fourth-order valence-electron chi connectivity index (χ4n) is 8.23. The van der Waals surface area contributed by atoms with Gasteiger partial charge in [0.15, 0.2) is 5.96 Å². The number of aliphatic imine (C=N–C) groups is 1. The van der Waals surface area contributed by atoms with E-state index >= 15 is 0 Å². The van der Waals surface area contributed by atoms with E-state index in [1.165, 1.54) is 52.0 Å². The lowest BCUT2D eigenvalue weighted by Crippen LogP contribution is -2.65. The molecule has 4 aromatic rings. The van der Waals surface area contributed by atoms with Gasteiger partial charge < -0.3 is 80.5 Å². The number of phenolic OH excluding ortho intramolecular Hbond substituents is 1. The summed E-state index contributed by atoms with van der Waals surface area (Å²) in [6.45, 7) is 5.45. The van der Waals surface area contributed by atoms with E-state index in [1.54, 1.807) is 54.7 Å². The molecule has 1 aliphatic rings. The number of benzene rings is 3. The van der Waals surface area contributed by atoms with E-state index in [9.17, 15) is 53.7 Å². The van der Waals surface area contributed by atoms with Gasteiger partial charge in [-0.1, -0.05) is 82.3 Å². The molecule has 26 heteroatoms. The molecule has 10 atom stereocenters. The summed E-state index contributed by atoms with van der Waals surface area (Å²) in [5, 5.41) is 50.6. The number of hydrogen-bond acceptors (Lipinski definition) is 15. The third-order valence-corrected chi connectivity index (χ3v) is 15.8. The number of fused-ring (bicyclic) bond motifs is 1. The predicted molar refractivity (Wildman–Crippen MR) is 292 cm³/mol. The van der Waals surface area contributed by atoms with Crippen LogP contribution < -0.4 is 60.2 Å². The highest BCUT2D eigenvalue weighted by Gasteiger charge is 2.43. The van der Waals surface area contributed by atoms with Crippen LogP contribution in [0.4, 0.5) is 0 Å².